The third-order valence-electron chi connectivity index (χ3n) is 7.73. The SMILES string of the molecule is N#C[C@@H]1C[C@@H](O)[C@H](C=CCC(O)C2(Cc3ccc(Cl)s3)CCC2)[C@H]1CC=CCCCC(=O)OCCO. The minimum absolute atomic E-state index is 0.0232. The van der Waals surface area contributed by atoms with Crippen molar-refractivity contribution in [1.29, 1.82) is 5.26 Å². The Bertz CT molecular complexity index is 935. The minimum atomic E-state index is -0.561. The van der Waals surface area contributed by atoms with Crippen LogP contribution in [0.2, 0.25) is 4.34 Å². The molecule has 2 saturated carbocycles. The highest BCUT2D eigenvalue weighted by molar-refractivity contribution is 7.16. The predicted octanol–water partition coefficient (Wildman–Crippen LogP) is 5.21. The van der Waals surface area contributed by atoms with E-state index in [1.54, 1.807) is 11.3 Å². The number of esters is 1. The summed E-state index contributed by atoms with van der Waals surface area (Å²) in [6, 6.07) is 6.32. The van der Waals surface area contributed by atoms with E-state index in [2.05, 4.69) is 6.07 Å². The van der Waals surface area contributed by atoms with Gasteiger partial charge in [0.15, 0.2) is 0 Å². The number of nitriles is 1. The number of rotatable bonds is 14. The van der Waals surface area contributed by atoms with Gasteiger partial charge in [-0.25, -0.2) is 0 Å². The summed E-state index contributed by atoms with van der Waals surface area (Å²) in [5.74, 6) is -0.612. The average molecular weight is 536 g/mol. The van der Waals surface area contributed by atoms with Gasteiger partial charge in [0.05, 0.1) is 35.1 Å². The molecule has 3 rings (SSSR count). The van der Waals surface area contributed by atoms with Crippen molar-refractivity contribution in [2.45, 2.75) is 76.4 Å². The van der Waals surface area contributed by atoms with Crippen LogP contribution < -0.4 is 0 Å². The zero-order valence-electron chi connectivity index (χ0n) is 20.7. The van der Waals surface area contributed by atoms with Gasteiger partial charge in [0.1, 0.15) is 6.61 Å². The number of thiophene rings is 1. The van der Waals surface area contributed by atoms with Crippen LogP contribution in [0.4, 0.5) is 0 Å². The normalized spacial score (nSPS) is 26.2. The first-order valence-corrected chi connectivity index (χ1v) is 14.2. The summed E-state index contributed by atoms with van der Waals surface area (Å²) >= 11 is 7.67. The number of hydrogen-bond donors (Lipinski definition) is 3. The number of nitrogens with zero attached hydrogens (tertiary/aromatic N) is 1. The van der Waals surface area contributed by atoms with E-state index >= 15 is 0 Å². The van der Waals surface area contributed by atoms with E-state index in [1.165, 1.54) is 4.88 Å². The first kappa shape index (κ1) is 28.9. The lowest BCUT2D eigenvalue weighted by Crippen LogP contribution is -2.42. The Labute approximate surface area is 223 Å². The lowest BCUT2D eigenvalue weighted by molar-refractivity contribution is -0.144. The minimum Gasteiger partial charge on any atom is -0.463 e. The van der Waals surface area contributed by atoms with Crippen LogP contribution >= 0.6 is 22.9 Å². The molecule has 0 spiro atoms. The number of unbranched alkanes of at least 4 members (excludes halogenated alkanes) is 1. The van der Waals surface area contributed by atoms with Gasteiger partial charge in [-0.1, -0.05) is 42.3 Å². The molecule has 0 amide bonds. The summed E-state index contributed by atoms with van der Waals surface area (Å²) in [6.07, 6.45) is 14.4. The zero-order valence-corrected chi connectivity index (χ0v) is 22.3. The summed E-state index contributed by atoms with van der Waals surface area (Å²) in [5, 5.41) is 40.0. The second-order valence-electron chi connectivity index (χ2n) is 10.1. The van der Waals surface area contributed by atoms with Crippen LogP contribution in [0.1, 0.15) is 62.7 Å². The van der Waals surface area contributed by atoms with Crippen molar-refractivity contribution in [3.63, 3.8) is 0 Å². The fraction of sp³-hybridized carbons (Fsp3) is 0.643. The molecule has 6 nitrogen and oxygen atoms in total. The quantitative estimate of drug-likeness (QED) is 0.171. The molecule has 1 unspecified atom stereocenters. The van der Waals surface area contributed by atoms with Crippen molar-refractivity contribution in [2.24, 2.45) is 23.2 Å². The molecule has 8 heteroatoms. The fourth-order valence-electron chi connectivity index (χ4n) is 5.52. The molecule has 198 valence electrons. The number of carbonyl (C=O) groups excluding carboxylic acids is 1. The Balaban J connectivity index is 1.50. The molecule has 3 N–H and O–H groups in total. The van der Waals surface area contributed by atoms with Gasteiger partial charge in [-0.3, -0.25) is 4.79 Å². The van der Waals surface area contributed by atoms with E-state index < -0.39 is 12.2 Å². The molecule has 2 fully saturated rings. The number of carbonyl (C=O) groups is 1. The first-order chi connectivity index (χ1) is 17.4. The molecule has 36 heavy (non-hydrogen) atoms. The van der Waals surface area contributed by atoms with Crippen molar-refractivity contribution < 1.29 is 24.9 Å². The van der Waals surface area contributed by atoms with Gasteiger partial charge in [0, 0.05) is 22.6 Å². The fourth-order valence-corrected chi connectivity index (χ4v) is 6.76. The third-order valence-corrected chi connectivity index (χ3v) is 8.96. The number of aliphatic hydroxyl groups excluding tert-OH is 3. The van der Waals surface area contributed by atoms with Crippen LogP contribution in [0.5, 0.6) is 0 Å². The van der Waals surface area contributed by atoms with Crippen molar-refractivity contribution in [3.8, 4) is 6.07 Å². The topological polar surface area (TPSA) is 111 Å². The Morgan fingerprint density at radius 2 is 2.14 bits per heavy atom. The average Bonchev–Trinajstić information content (AvgIpc) is 3.38. The lowest BCUT2D eigenvalue weighted by Gasteiger charge is -2.45. The summed E-state index contributed by atoms with van der Waals surface area (Å²) < 4.78 is 5.62. The second kappa shape index (κ2) is 14.3. The molecule has 0 radical (unpaired) electrons. The Hall–Kier alpha value is -1.69. The van der Waals surface area contributed by atoms with Gasteiger partial charge in [-0.15, -0.1) is 11.3 Å². The van der Waals surface area contributed by atoms with Crippen molar-refractivity contribution >= 4 is 28.9 Å². The molecule has 0 bridgehead atoms. The monoisotopic (exact) mass is 535 g/mol. The van der Waals surface area contributed by atoms with E-state index in [4.69, 9.17) is 21.4 Å². The third kappa shape index (κ3) is 7.90. The number of halogens is 1. The zero-order chi connectivity index (χ0) is 26.0. The smallest absolute Gasteiger partial charge is 0.305 e. The van der Waals surface area contributed by atoms with Gasteiger partial charge in [-0.2, -0.15) is 5.26 Å². The first-order valence-electron chi connectivity index (χ1n) is 13.0. The molecule has 2 aliphatic rings. The lowest BCUT2D eigenvalue weighted by atomic mass is 9.62. The molecular weight excluding hydrogens is 498 g/mol. The van der Waals surface area contributed by atoms with Gasteiger partial charge >= 0.3 is 5.97 Å². The van der Waals surface area contributed by atoms with Gasteiger partial charge in [-0.05, 0) is 69.4 Å². The van der Waals surface area contributed by atoms with Crippen LogP contribution in [0.3, 0.4) is 0 Å². The highest BCUT2D eigenvalue weighted by Gasteiger charge is 2.44. The van der Waals surface area contributed by atoms with Gasteiger partial charge in [0.25, 0.3) is 0 Å². The van der Waals surface area contributed by atoms with Crippen LogP contribution in [0.15, 0.2) is 36.4 Å². The van der Waals surface area contributed by atoms with Crippen molar-refractivity contribution in [1.82, 2.24) is 0 Å². The Morgan fingerprint density at radius 3 is 2.78 bits per heavy atom. The largest absolute Gasteiger partial charge is 0.463 e. The molecule has 1 aromatic rings. The second-order valence-corrected chi connectivity index (χ2v) is 11.9. The summed E-state index contributed by atoms with van der Waals surface area (Å²) in [4.78, 5) is 12.7. The maximum atomic E-state index is 11.5. The molecule has 0 aromatic carbocycles. The summed E-state index contributed by atoms with van der Waals surface area (Å²) in [7, 11) is 0. The van der Waals surface area contributed by atoms with Crippen LogP contribution in [-0.2, 0) is 16.0 Å². The van der Waals surface area contributed by atoms with Crippen molar-refractivity contribution in [3.05, 3.63) is 45.7 Å². The standard InChI is InChI=1S/C28H38ClNO5S/c29-26-12-11-21(36-26)18-28(13-6-14-28)25(33)9-5-8-23-22(20(19-30)17-24(23)32)7-3-1-2-4-10-27(34)35-16-15-31/h1,3,5,8,11-12,20,22-25,31-33H,2,4,6-7,9-10,13-18H2/t20-,22-,23+,24+,25?/m0/s1. The molecular formula is C28H38ClNO5S. The van der Waals surface area contributed by atoms with Gasteiger partial charge in [0.2, 0.25) is 0 Å². The molecule has 0 saturated heterocycles. The molecule has 5 atom stereocenters. The van der Waals surface area contributed by atoms with Crippen LogP contribution in [-0.4, -0.2) is 46.7 Å². The highest BCUT2D eigenvalue weighted by Crippen LogP contribution is 2.49. The van der Waals surface area contributed by atoms with E-state index in [0.29, 0.717) is 32.1 Å². The highest BCUT2D eigenvalue weighted by atomic mass is 35.5. The van der Waals surface area contributed by atoms with E-state index in [1.807, 2.05) is 36.4 Å². The Kier molecular flexibility index (Phi) is 11.5. The Morgan fingerprint density at radius 1 is 1.33 bits per heavy atom. The molecule has 1 heterocycles. The molecule has 1 aromatic heterocycles. The van der Waals surface area contributed by atoms with E-state index in [-0.39, 0.29) is 42.4 Å². The summed E-state index contributed by atoms with van der Waals surface area (Å²) in [6.45, 7) is -0.135. The number of hydrogen-bond acceptors (Lipinski definition) is 7. The van der Waals surface area contributed by atoms with Crippen molar-refractivity contribution in [2.75, 3.05) is 13.2 Å². The van der Waals surface area contributed by atoms with Gasteiger partial charge < -0.3 is 20.1 Å². The van der Waals surface area contributed by atoms with E-state index in [0.717, 1.165) is 36.4 Å². The summed E-state index contributed by atoms with van der Waals surface area (Å²) in [5.41, 5.74) is -0.103. The van der Waals surface area contributed by atoms with Crippen LogP contribution in [0.25, 0.3) is 0 Å². The molecule has 0 aliphatic heterocycles. The number of ether oxygens (including phenoxy) is 1. The maximum absolute atomic E-state index is 11.5. The molecule has 2 aliphatic carbocycles. The van der Waals surface area contributed by atoms with E-state index in [9.17, 15) is 20.3 Å². The maximum Gasteiger partial charge on any atom is 0.305 e. The predicted molar refractivity (Wildman–Crippen MR) is 141 cm³/mol. The van der Waals surface area contributed by atoms with Crippen LogP contribution in [0, 0.1) is 34.5 Å². The number of aliphatic hydroxyl groups is 3. The number of allylic oxidation sites excluding steroid dienone is 2.